The van der Waals surface area contributed by atoms with E-state index in [1.54, 1.807) is 0 Å². The van der Waals surface area contributed by atoms with Gasteiger partial charge in [0.05, 0.1) is 13.2 Å². The number of hydrogen-bond acceptors (Lipinski definition) is 3. The number of benzene rings is 1. The van der Waals surface area contributed by atoms with Crippen molar-refractivity contribution in [3.05, 3.63) is 35.4 Å². The zero-order chi connectivity index (χ0) is 15.5. The highest BCUT2D eigenvalue weighted by atomic mass is 19.1. The lowest BCUT2D eigenvalue weighted by Gasteiger charge is -2.46. The molecule has 0 saturated carbocycles. The van der Waals surface area contributed by atoms with Crippen LogP contribution >= 0.6 is 0 Å². The number of hydrogen-bond donors (Lipinski definition) is 1. The van der Waals surface area contributed by atoms with Gasteiger partial charge in [0.2, 0.25) is 0 Å². The standard InChI is InChI=1S/C16H24F2N2O/c1-3-16(2,20-6-8-21-9-7-20)15(19)11-12-10-13(17)4-5-14(12)18/h4-5,10,15H,3,6-9,11,19H2,1-2H3. The van der Waals surface area contributed by atoms with Gasteiger partial charge in [-0.05, 0) is 43.5 Å². The molecule has 0 spiro atoms. The lowest BCUT2D eigenvalue weighted by atomic mass is 9.83. The van der Waals surface area contributed by atoms with Crippen molar-refractivity contribution in [1.29, 1.82) is 0 Å². The van der Waals surface area contributed by atoms with Gasteiger partial charge >= 0.3 is 0 Å². The number of halogens is 2. The topological polar surface area (TPSA) is 38.5 Å². The SMILES string of the molecule is CCC(C)(C(N)Cc1cc(F)ccc1F)N1CCOCC1. The predicted molar refractivity (Wildman–Crippen MR) is 79.1 cm³/mol. The summed E-state index contributed by atoms with van der Waals surface area (Å²) in [6.45, 7) is 7.21. The molecule has 1 heterocycles. The minimum Gasteiger partial charge on any atom is -0.379 e. The Hall–Kier alpha value is -1.04. The molecule has 118 valence electrons. The van der Waals surface area contributed by atoms with Gasteiger partial charge in [0.1, 0.15) is 11.6 Å². The van der Waals surface area contributed by atoms with Gasteiger partial charge in [0.25, 0.3) is 0 Å². The van der Waals surface area contributed by atoms with E-state index in [1.807, 2.05) is 0 Å². The van der Waals surface area contributed by atoms with Crippen LogP contribution in [0.25, 0.3) is 0 Å². The molecule has 1 aromatic rings. The molecule has 0 radical (unpaired) electrons. The molecule has 5 heteroatoms. The van der Waals surface area contributed by atoms with E-state index in [4.69, 9.17) is 10.5 Å². The van der Waals surface area contributed by atoms with Crippen LogP contribution in [0.5, 0.6) is 0 Å². The van der Waals surface area contributed by atoms with Gasteiger partial charge in [0, 0.05) is 24.7 Å². The first kappa shape index (κ1) is 16.3. The molecule has 0 amide bonds. The van der Waals surface area contributed by atoms with Crippen LogP contribution in [0.1, 0.15) is 25.8 Å². The Kier molecular flexibility index (Phi) is 5.30. The fourth-order valence-electron chi connectivity index (χ4n) is 2.95. The second-order valence-electron chi connectivity index (χ2n) is 5.86. The molecule has 2 N–H and O–H groups in total. The summed E-state index contributed by atoms with van der Waals surface area (Å²) in [5.41, 5.74) is 6.47. The lowest BCUT2D eigenvalue weighted by Crippen LogP contribution is -2.61. The maximum absolute atomic E-state index is 13.8. The predicted octanol–water partition coefficient (Wildman–Crippen LogP) is 2.34. The molecule has 2 unspecified atom stereocenters. The summed E-state index contributed by atoms with van der Waals surface area (Å²) in [7, 11) is 0. The molecular weight excluding hydrogens is 274 g/mol. The van der Waals surface area contributed by atoms with E-state index >= 15 is 0 Å². The summed E-state index contributed by atoms with van der Waals surface area (Å²) in [5.74, 6) is -0.824. The van der Waals surface area contributed by atoms with Gasteiger partial charge in [-0.1, -0.05) is 6.92 Å². The average Bonchev–Trinajstić information content (AvgIpc) is 2.51. The van der Waals surface area contributed by atoms with Crippen LogP contribution in [-0.2, 0) is 11.2 Å². The second kappa shape index (κ2) is 6.81. The molecule has 0 aliphatic carbocycles. The molecule has 1 aliphatic heterocycles. The molecular formula is C16H24F2N2O. The highest BCUT2D eigenvalue weighted by molar-refractivity contribution is 5.21. The fraction of sp³-hybridized carbons (Fsp3) is 0.625. The number of ether oxygens (including phenoxy) is 1. The molecule has 1 fully saturated rings. The van der Waals surface area contributed by atoms with Crippen molar-refractivity contribution in [3.63, 3.8) is 0 Å². The third-order valence-corrected chi connectivity index (χ3v) is 4.70. The van der Waals surface area contributed by atoms with Gasteiger partial charge in [-0.3, -0.25) is 4.90 Å². The molecule has 21 heavy (non-hydrogen) atoms. The first-order chi connectivity index (χ1) is 9.97. The zero-order valence-corrected chi connectivity index (χ0v) is 12.7. The van der Waals surface area contributed by atoms with Crippen molar-refractivity contribution in [1.82, 2.24) is 4.90 Å². The van der Waals surface area contributed by atoms with Crippen LogP contribution in [0, 0.1) is 11.6 Å². The van der Waals surface area contributed by atoms with E-state index in [-0.39, 0.29) is 11.6 Å². The molecule has 1 aromatic carbocycles. The minimum atomic E-state index is -0.428. The molecule has 1 saturated heterocycles. The van der Waals surface area contributed by atoms with Crippen LogP contribution in [0.4, 0.5) is 8.78 Å². The van der Waals surface area contributed by atoms with Crippen molar-refractivity contribution in [2.45, 2.75) is 38.3 Å². The van der Waals surface area contributed by atoms with Gasteiger partial charge in [-0.25, -0.2) is 8.78 Å². The van der Waals surface area contributed by atoms with Crippen LogP contribution in [0.2, 0.25) is 0 Å². The van der Waals surface area contributed by atoms with E-state index in [0.717, 1.165) is 31.6 Å². The highest BCUT2D eigenvalue weighted by Crippen LogP contribution is 2.26. The Morgan fingerprint density at radius 3 is 2.62 bits per heavy atom. The van der Waals surface area contributed by atoms with E-state index in [0.29, 0.717) is 25.2 Å². The van der Waals surface area contributed by atoms with E-state index in [2.05, 4.69) is 18.7 Å². The third-order valence-electron chi connectivity index (χ3n) is 4.70. The Balaban J connectivity index is 2.15. The first-order valence-electron chi connectivity index (χ1n) is 7.49. The second-order valence-corrected chi connectivity index (χ2v) is 5.86. The molecule has 2 rings (SSSR count). The normalized spacial score (nSPS) is 21.0. The Morgan fingerprint density at radius 1 is 1.33 bits per heavy atom. The van der Waals surface area contributed by atoms with Gasteiger partial charge in [-0.2, -0.15) is 0 Å². The average molecular weight is 298 g/mol. The molecule has 0 aromatic heterocycles. The largest absolute Gasteiger partial charge is 0.379 e. The zero-order valence-electron chi connectivity index (χ0n) is 12.7. The minimum absolute atomic E-state index is 0.247. The van der Waals surface area contributed by atoms with Crippen molar-refractivity contribution < 1.29 is 13.5 Å². The molecule has 2 atom stereocenters. The monoisotopic (exact) mass is 298 g/mol. The van der Waals surface area contributed by atoms with Crippen LogP contribution in [0.15, 0.2) is 18.2 Å². The quantitative estimate of drug-likeness (QED) is 0.907. The highest BCUT2D eigenvalue weighted by Gasteiger charge is 2.37. The maximum Gasteiger partial charge on any atom is 0.126 e. The Bertz CT molecular complexity index is 477. The van der Waals surface area contributed by atoms with Gasteiger partial charge in [-0.15, -0.1) is 0 Å². The van der Waals surface area contributed by atoms with Crippen LogP contribution in [0.3, 0.4) is 0 Å². The van der Waals surface area contributed by atoms with Crippen LogP contribution in [-0.4, -0.2) is 42.8 Å². The van der Waals surface area contributed by atoms with E-state index in [9.17, 15) is 8.78 Å². The van der Waals surface area contributed by atoms with Crippen molar-refractivity contribution in [2.75, 3.05) is 26.3 Å². The summed E-state index contributed by atoms with van der Waals surface area (Å²) < 4.78 is 32.5. The molecule has 1 aliphatic rings. The third kappa shape index (κ3) is 3.59. The molecule has 3 nitrogen and oxygen atoms in total. The number of rotatable bonds is 5. The summed E-state index contributed by atoms with van der Waals surface area (Å²) in [6, 6.07) is 3.27. The van der Waals surface area contributed by atoms with E-state index < -0.39 is 11.6 Å². The number of morpholine rings is 1. The van der Waals surface area contributed by atoms with Crippen molar-refractivity contribution in [3.8, 4) is 0 Å². The first-order valence-corrected chi connectivity index (χ1v) is 7.49. The number of nitrogens with two attached hydrogens (primary N) is 1. The van der Waals surface area contributed by atoms with Crippen molar-refractivity contribution in [2.24, 2.45) is 5.73 Å². The summed E-state index contributed by atoms with van der Waals surface area (Å²) in [6.07, 6.45) is 1.18. The van der Waals surface area contributed by atoms with Crippen molar-refractivity contribution >= 4 is 0 Å². The smallest absolute Gasteiger partial charge is 0.126 e. The van der Waals surface area contributed by atoms with Gasteiger partial charge < -0.3 is 10.5 Å². The Morgan fingerprint density at radius 2 is 2.00 bits per heavy atom. The van der Waals surface area contributed by atoms with Crippen LogP contribution < -0.4 is 5.73 Å². The summed E-state index contributed by atoms with van der Waals surface area (Å²) in [4.78, 5) is 2.30. The summed E-state index contributed by atoms with van der Waals surface area (Å²) >= 11 is 0. The molecule has 0 bridgehead atoms. The lowest BCUT2D eigenvalue weighted by molar-refractivity contribution is -0.0273. The van der Waals surface area contributed by atoms with E-state index in [1.165, 1.54) is 6.07 Å². The summed E-state index contributed by atoms with van der Waals surface area (Å²) in [5, 5.41) is 0. The fourth-order valence-corrected chi connectivity index (χ4v) is 2.95. The Labute approximate surface area is 125 Å². The maximum atomic E-state index is 13.8. The van der Waals surface area contributed by atoms with Gasteiger partial charge in [0.15, 0.2) is 0 Å². The number of nitrogens with zero attached hydrogens (tertiary/aromatic N) is 1.